The Morgan fingerprint density at radius 2 is 2.03 bits per heavy atom. The van der Waals surface area contributed by atoms with Crippen molar-refractivity contribution < 1.29 is 4.39 Å². The molecule has 0 spiro atoms. The first-order valence-electron chi connectivity index (χ1n) is 9.22. The predicted molar refractivity (Wildman–Crippen MR) is 124 cm³/mol. The Bertz CT molecular complexity index is 972. The van der Waals surface area contributed by atoms with Gasteiger partial charge in [-0.25, -0.2) is 19.4 Å². The number of hydrogen-bond acceptors (Lipinski definition) is 5. The smallest absolute Gasteiger partial charge is 0.191 e. The summed E-state index contributed by atoms with van der Waals surface area (Å²) < 4.78 is 15.4. The monoisotopic (exact) mass is 512 g/mol. The number of rotatable bonds is 7. The minimum Gasteiger partial charge on any atom is -0.368 e. The predicted octanol–water partition coefficient (Wildman–Crippen LogP) is 2.60. The van der Waals surface area contributed by atoms with E-state index >= 15 is 0 Å². The van der Waals surface area contributed by atoms with Crippen LogP contribution in [0.3, 0.4) is 0 Å². The van der Waals surface area contributed by atoms with E-state index < -0.39 is 0 Å². The van der Waals surface area contributed by atoms with Gasteiger partial charge in [-0.3, -0.25) is 4.68 Å². The van der Waals surface area contributed by atoms with Gasteiger partial charge in [-0.1, -0.05) is 12.1 Å². The van der Waals surface area contributed by atoms with E-state index in [1.807, 2.05) is 20.0 Å². The van der Waals surface area contributed by atoms with E-state index in [0.29, 0.717) is 31.2 Å². The van der Waals surface area contributed by atoms with E-state index in [1.165, 1.54) is 12.4 Å². The highest BCUT2D eigenvalue weighted by Gasteiger charge is 2.07. The van der Waals surface area contributed by atoms with Crippen LogP contribution in [0.1, 0.15) is 18.1 Å². The molecule has 0 fully saturated rings. The van der Waals surface area contributed by atoms with Crippen LogP contribution in [0, 0.1) is 12.7 Å². The number of hydrogen-bond donors (Lipinski definition) is 3. The number of benzene rings is 1. The van der Waals surface area contributed by atoms with Crippen LogP contribution in [0.25, 0.3) is 11.0 Å². The van der Waals surface area contributed by atoms with E-state index in [2.05, 4.69) is 36.0 Å². The number of anilines is 1. The second kappa shape index (κ2) is 10.9. The van der Waals surface area contributed by atoms with Crippen molar-refractivity contribution in [1.82, 2.24) is 30.4 Å². The van der Waals surface area contributed by atoms with Crippen molar-refractivity contribution in [1.29, 1.82) is 0 Å². The highest BCUT2D eigenvalue weighted by atomic mass is 127. The first-order valence-corrected chi connectivity index (χ1v) is 9.22. The molecule has 0 atom stereocenters. The minimum atomic E-state index is -0.207. The van der Waals surface area contributed by atoms with Crippen LogP contribution in [0.2, 0.25) is 0 Å². The van der Waals surface area contributed by atoms with Crippen molar-refractivity contribution in [3.05, 3.63) is 47.7 Å². The summed E-state index contributed by atoms with van der Waals surface area (Å²) in [5.41, 5.74) is 2.25. The molecular weight excluding hydrogens is 486 g/mol. The fourth-order valence-electron chi connectivity index (χ4n) is 2.71. The molecule has 10 heteroatoms. The van der Waals surface area contributed by atoms with Crippen LogP contribution in [0.5, 0.6) is 0 Å². The molecule has 0 aliphatic heterocycles. The van der Waals surface area contributed by atoms with E-state index in [4.69, 9.17) is 0 Å². The third kappa shape index (κ3) is 5.99. The summed E-state index contributed by atoms with van der Waals surface area (Å²) in [6, 6.07) is 5.19. The molecule has 29 heavy (non-hydrogen) atoms. The number of nitrogens with one attached hydrogen (secondary N) is 3. The molecule has 0 saturated carbocycles. The Labute approximate surface area is 186 Å². The molecule has 0 bridgehead atoms. The Morgan fingerprint density at radius 3 is 2.79 bits per heavy atom. The Morgan fingerprint density at radius 1 is 1.21 bits per heavy atom. The molecule has 1 aromatic carbocycles. The lowest BCUT2D eigenvalue weighted by Gasteiger charge is -2.12. The van der Waals surface area contributed by atoms with Gasteiger partial charge in [-0.15, -0.1) is 24.0 Å². The highest BCUT2D eigenvalue weighted by Crippen LogP contribution is 2.17. The van der Waals surface area contributed by atoms with Crippen LogP contribution < -0.4 is 16.0 Å². The van der Waals surface area contributed by atoms with Crippen molar-refractivity contribution in [2.45, 2.75) is 20.4 Å². The first kappa shape index (κ1) is 22.8. The summed E-state index contributed by atoms with van der Waals surface area (Å²) >= 11 is 0. The first-order chi connectivity index (χ1) is 13.6. The van der Waals surface area contributed by atoms with Gasteiger partial charge in [-0.2, -0.15) is 5.10 Å². The normalized spacial score (nSPS) is 11.2. The summed E-state index contributed by atoms with van der Waals surface area (Å²) in [7, 11) is 1.85. The maximum atomic E-state index is 13.7. The van der Waals surface area contributed by atoms with Crippen molar-refractivity contribution in [3.8, 4) is 0 Å². The third-order valence-electron chi connectivity index (χ3n) is 4.24. The second-order valence-electron chi connectivity index (χ2n) is 6.36. The molecule has 0 radical (unpaired) electrons. The van der Waals surface area contributed by atoms with Crippen LogP contribution in [0.15, 0.2) is 35.7 Å². The van der Waals surface area contributed by atoms with E-state index in [-0.39, 0.29) is 29.8 Å². The van der Waals surface area contributed by atoms with Crippen LogP contribution in [-0.4, -0.2) is 45.3 Å². The lowest BCUT2D eigenvalue weighted by atomic mass is 10.1. The summed E-state index contributed by atoms with van der Waals surface area (Å²) in [6.07, 6.45) is 3.27. The quantitative estimate of drug-likeness (QED) is 0.195. The van der Waals surface area contributed by atoms with Gasteiger partial charge in [-0.05, 0) is 31.0 Å². The topological polar surface area (TPSA) is 92.1 Å². The number of aliphatic imine (C=N–C) groups is 1. The van der Waals surface area contributed by atoms with E-state index in [0.717, 1.165) is 29.0 Å². The lowest BCUT2D eigenvalue weighted by Crippen LogP contribution is -2.39. The molecule has 0 amide bonds. The van der Waals surface area contributed by atoms with Gasteiger partial charge < -0.3 is 16.0 Å². The second-order valence-corrected chi connectivity index (χ2v) is 6.36. The lowest BCUT2D eigenvalue weighted by molar-refractivity contribution is 0.616. The van der Waals surface area contributed by atoms with Crippen LogP contribution in [-0.2, 0) is 13.6 Å². The number of aromatic nitrogens is 4. The standard InChI is InChI=1S/C19H25FN8.HI/c1-4-21-19(24-10-14-6-5-13(2)16(20)9-14)23-8-7-22-17-15-11-27-28(3)18(15)26-12-25-17;/h5-6,9,11-12H,4,7-8,10H2,1-3H3,(H2,21,23,24)(H,22,25,26);1H. The molecular formula is C19H26FIN8. The average molecular weight is 512 g/mol. The summed E-state index contributed by atoms with van der Waals surface area (Å²) in [5.74, 6) is 1.22. The zero-order valence-corrected chi connectivity index (χ0v) is 19.1. The molecule has 0 saturated heterocycles. The molecule has 0 aliphatic rings. The summed E-state index contributed by atoms with van der Waals surface area (Å²) in [6.45, 7) is 6.18. The molecule has 2 heterocycles. The molecule has 3 aromatic rings. The molecule has 0 unspecified atom stereocenters. The zero-order valence-electron chi connectivity index (χ0n) is 16.7. The average Bonchev–Trinajstić information content (AvgIpc) is 3.07. The Hall–Kier alpha value is -2.50. The number of aryl methyl sites for hydroxylation is 2. The van der Waals surface area contributed by atoms with Crippen LogP contribution >= 0.6 is 24.0 Å². The van der Waals surface area contributed by atoms with E-state index in [9.17, 15) is 4.39 Å². The zero-order chi connectivity index (χ0) is 19.9. The SMILES string of the molecule is CCNC(=NCc1ccc(C)c(F)c1)NCCNc1ncnc2c1cnn2C.I. The number of halogens is 2. The van der Waals surface area contributed by atoms with Gasteiger partial charge in [0, 0.05) is 26.7 Å². The Balaban J connectivity index is 0.00000300. The third-order valence-corrected chi connectivity index (χ3v) is 4.24. The van der Waals surface area contributed by atoms with Gasteiger partial charge in [0.15, 0.2) is 11.6 Å². The maximum absolute atomic E-state index is 13.7. The fraction of sp³-hybridized carbons (Fsp3) is 0.368. The molecule has 0 aliphatic carbocycles. The maximum Gasteiger partial charge on any atom is 0.191 e. The van der Waals surface area contributed by atoms with Crippen molar-refractivity contribution in [2.75, 3.05) is 25.0 Å². The summed E-state index contributed by atoms with van der Waals surface area (Å²) in [4.78, 5) is 13.0. The molecule has 156 valence electrons. The Kier molecular flexibility index (Phi) is 8.55. The largest absolute Gasteiger partial charge is 0.368 e. The van der Waals surface area contributed by atoms with Crippen molar-refractivity contribution >= 4 is 46.8 Å². The van der Waals surface area contributed by atoms with Crippen LogP contribution in [0.4, 0.5) is 10.2 Å². The summed E-state index contributed by atoms with van der Waals surface area (Å²) in [5, 5.41) is 14.8. The molecule has 3 N–H and O–H groups in total. The highest BCUT2D eigenvalue weighted by molar-refractivity contribution is 14.0. The molecule has 8 nitrogen and oxygen atoms in total. The van der Waals surface area contributed by atoms with Crippen molar-refractivity contribution in [3.63, 3.8) is 0 Å². The minimum absolute atomic E-state index is 0. The number of nitrogens with zero attached hydrogens (tertiary/aromatic N) is 5. The van der Waals surface area contributed by atoms with Gasteiger partial charge in [0.1, 0.15) is 18.0 Å². The van der Waals surface area contributed by atoms with Gasteiger partial charge >= 0.3 is 0 Å². The molecule has 2 aromatic heterocycles. The fourth-order valence-corrected chi connectivity index (χ4v) is 2.71. The van der Waals surface area contributed by atoms with E-state index in [1.54, 1.807) is 23.9 Å². The van der Waals surface area contributed by atoms with Crippen molar-refractivity contribution in [2.24, 2.45) is 12.0 Å². The van der Waals surface area contributed by atoms with Gasteiger partial charge in [0.05, 0.1) is 18.1 Å². The molecule has 3 rings (SSSR count). The number of guanidine groups is 1. The number of fused-ring (bicyclic) bond motifs is 1. The van der Waals surface area contributed by atoms with Gasteiger partial charge in [0.25, 0.3) is 0 Å². The van der Waals surface area contributed by atoms with Gasteiger partial charge in [0.2, 0.25) is 0 Å².